The largest absolute Gasteiger partial charge is 0.507 e. The number of amides is 2. The third-order valence-corrected chi connectivity index (χ3v) is 8.33. The number of aromatic hydroxyl groups is 1. The molecule has 1 aliphatic heterocycles. The van der Waals surface area contributed by atoms with Crippen molar-refractivity contribution < 1.29 is 29.8 Å². The molecule has 9 heteroatoms. The van der Waals surface area contributed by atoms with Crippen LogP contribution in [0.15, 0.2) is 77.4 Å². The summed E-state index contributed by atoms with van der Waals surface area (Å²) in [6, 6.07) is 16.5. The first-order chi connectivity index (χ1) is 19.6. The predicted molar refractivity (Wildman–Crippen MR) is 155 cm³/mol. The minimum atomic E-state index is -0.928. The Morgan fingerprint density at radius 3 is 2.54 bits per heavy atom. The quantitative estimate of drug-likeness (QED) is 0.151. The molecule has 2 amide bonds. The summed E-state index contributed by atoms with van der Waals surface area (Å²) in [7, 11) is 0. The van der Waals surface area contributed by atoms with Gasteiger partial charge in [0.1, 0.15) is 5.75 Å². The Balaban J connectivity index is 1.36. The van der Waals surface area contributed by atoms with E-state index in [9.17, 15) is 35.0 Å². The summed E-state index contributed by atoms with van der Waals surface area (Å²) >= 11 is 0. The molecule has 0 spiro atoms. The van der Waals surface area contributed by atoms with Gasteiger partial charge in [-0.3, -0.25) is 19.7 Å². The number of rotatable bonds is 8. The van der Waals surface area contributed by atoms with Gasteiger partial charge in [-0.25, -0.2) is 4.90 Å². The molecule has 3 aromatic rings. The Hall–Kier alpha value is -4.34. The lowest BCUT2D eigenvalue weighted by atomic mass is 9.68. The van der Waals surface area contributed by atoms with E-state index < -0.39 is 47.2 Å². The number of nitro benzene ring substituents is 1. The number of aliphatic hydroxyl groups excluding tert-OH is 2. The molecule has 9 nitrogen and oxygen atoms in total. The van der Waals surface area contributed by atoms with Crippen LogP contribution in [-0.4, -0.2) is 44.8 Å². The van der Waals surface area contributed by atoms with E-state index in [1.807, 2.05) is 50.3 Å². The maximum Gasteiger partial charge on any atom is 0.271 e. The van der Waals surface area contributed by atoms with Gasteiger partial charge in [-0.2, -0.15) is 0 Å². The number of hydrogen-bond donors (Lipinski definition) is 3. The number of imide groups is 1. The van der Waals surface area contributed by atoms with Crippen LogP contribution in [0.2, 0.25) is 0 Å². The zero-order valence-electron chi connectivity index (χ0n) is 22.9. The van der Waals surface area contributed by atoms with Crippen LogP contribution in [-0.2, 0) is 9.59 Å². The molecule has 1 saturated heterocycles. The summed E-state index contributed by atoms with van der Waals surface area (Å²) in [5, 5.41) is 44.8. The van der Waals surface area contributed by atoms with Crippen LogP contribution >= 0.6 is 0 Å². The standard InChI is InChI=1S/C32H32N2O7/c1-18(14-20-11-13-27(36)24-9-4-3-8-23(20)24)10-12-28(37)29-19(2)15-25-30(26(29)17-35)32(39)33(31(25)38)21-6-5-7-22(16-21)34(40)41/h3-9,11,13-14,16,25-26,28,30,35-37H,10,12,15,17H2,1-2H3/b18-14+/t25-,26+,28-,30-/m1/s1. The van der Waals surface area contributed by atoms with Crippen LogP contribution in [0.4, 0.5) is 11.4 Å². The number of carbonyl (C=O) groups is 2. The van der Waals surface area contributed by atoms with Crippen molar-refractivity contribution in [3.63, 3.8) is 0 Å². The Bertz CT molecular complexity index is 1610. The molecule has 1 fully saturated rings. The molecule has 0 aromatic heterocycles. The van der Waals surface area contributed by atoms with Crippen LogP contribution in [0.5, 0.6) is 5.75 Å². The molecule has 1 aliphatic carbocycles. The molecule has 3 aromatic carbocycles. The number of phenols is 1. The van der Waals surface area contributed by atoms with Gasteiger partial charge >= 0.3 is 0 Å². The van der Waals surface area contributed by atoms with Gasteiger partial charge in [0.25, 0.3) is 5.69 Å². The molecule has 41 heavy (non-hydrogen) atoms. The van der Waals surface area contributed by atoms with E-state index in [1.54, 1.807) is 6.07 Å². The number of nitrogens with zero attached hydrogens (tertiary/aromatic N) is 2. The number of nitro groups is 1. The van der Waals surface area contributed by atoms with Gasteiger partial charge in [0.15, 0.2) is 0 Å². The Kier molecular flexibility index (Phi) is 7.75. The Morgan fingerprint density at radius 2 is 1.83 bits per heavy atom. The molecule has 3 N–H and O–H groups in total. The predicted octanol–water partition coefficient (Wildman–Crippen LogP) is 5.13. The van der Waals surface area contributed by atoms with Crippen LogP contribution in [0.25, 0.3) is 16.8 Å². The molecule has 4 atom stereocenters. The van der Waals surface area contributed by atoms with Crippen molar-refractivity contribution in [2.24, 2.45) is 17.8 Å². The maximum absolute atomic E-state index is 13.6. The van der Waals surface area contributed by atoms with Crippen molar-refractivity contribution in [1.29, 1.82) is 0 Å². The monoisotopic (exact) mass is 556 g/mol. The van der Waals surface area contributed by atoms with E-state index in [0.29, 0.717) is 18.4 Å². The van der Waals surface area contributed by atoms with Crippen LogP contribution in [0.1, 0.15) is 38.7 Å². The second-order valence-corrected chi connectivity index (χ2v) is 10.9. The highest BCUT2D eigenvalue weighted by Gasteiger charge is 2.55. The van der Waals surface area contributed by atoms with Gasteiger partial charge in [0, 0.05) is 23.4 Å². The first-order valence-electron chi connectivity index (χ1n) is 13.6. The zero-order valence-corrected chi connectivity index (χ0v) is 22.9. The summed E-state index contributed by atoms with van der Waals surface area (Å²) in [6.07, 6.45) is 2.26. The zero-order chi connectivity index (χ0) is 29.4. The van der Waals surface area contributed by atoms with E-state index in [-0.39, 0.29) is 23.5 Å². The minimum absolute atomic E-state index is 0.127. The molecule has 0 bridgehead atoms. The first-order valence-corrected chi connectivity index (χ1v) is 13.6. The van der Waals surface area contributed by atoms with Crippen molar-refractivity contribution in [2.45, 2.75) is 39.2 Å². The number of aliphatic hydroxyl groups is 2. The van der Waals surface area contributed by atoms with E-state index in [0.717, 1.165) is 32.4 Å². The second-order valence-electron chi connectivity index (χ2n) is 10.9. The van der Waals surface area contributed by atoms with Crippen LogP contribution in [0, 0.1) is 27.9 Å². The van der Waals surface area contributed by atoms with Gasteiger partial charge in [-0.15, -0.1) is 0 Å². The summed E-state index contributed by atoms with van der Waals surface area (Å²) in [4.78, 5) is 38.6. The third-order valence-electron chi connectivity index (χ3n) is 8.33. The summed E-state index contributed by atoms with van der Waals surface area (Å²) < 4.78 is 0. The van der Waals surface area contributed by atoms with E-state index in [2.05, 4.69) is 0 Å². The number of non-ortho nitro benzene ring substituents is 1. The second kappa shape index (κ2) is 11.3. The minimum Gasteiger partial charge on any atom is -0.507 e. The topological polar surface area (TPSA) is 141 Å². The molecule has 212 valence electrons. The molecule has 0 saturated carbocycles. The number of allylic oxidation sites excluding steroid dienone is 2. The fraction of sp³-hybridized carbons (Fsp3) is 0.312. The lowest BCUT2D eigenvalue weighted by molar-refractivity contribution is -0.384. The summed E-state index contributed by atoms with van der Waals surface area (Å²) in [5.74, 6) is -3.07. The molecule has 0 radical (unpaired) electrons. The number of carbonyl (C=O) groups excluding carboxylic acids is 2. The van der Waals surface area contributed by atoms with Crippen molar-refractivity contribution in [2.75, 3.05) is 11.5 Å². The number of fused-ring (bicyclic) bond motifs is 2. The van der Waals surface area contributed by atoms with Crippen molar-refractivity contribution in [1.82, 2.24) is 0 Å². The maximum atomic E-state index is 13.6. The molecule has 5 rings (SSSR count). The number of phenolic OH excluding ortho intramolecular Hbond substituents is 1. The van der Waals surface area contributed by atoms with Crippen molar-refractivity contribution in [3.8, 4) is 5.75 Å². The molecule has 1 heterocycles. The highest BCUT2D eigenvalue weighted by atomic mass is 16.6. The normalized spacial score (nSPS) is 21.9. The average molecular weight is 557 g/mol. The van der Waals surface area contributed by atoms with Crippen LogP contribution < -0.4 is 4.90 Å². The lowest BCUT2D eigenvalue weighted by Crippen LogP contribution is -2.38. The average Bonchev–Trinajstić information content (AvgIpc) is 3.21. The fourth-order valence-electron chi connectivity index (χ4n) is 6.41. The highest BCUT2D eigenvalue weighted by molar-refractivity contribution is 6.22. The summed E-state index contributed by atoms with van der Waals surface area (Å²) in [6.45, 7) is 3.36. The number of anilines is 1. The van der Waals surface area contributed by atoms with E-state index in [4.69, 9.17) is 0 Å². The van der Waals surface area contributed by atoms with Gasteiger partial charge in [-0.1, -0.05) is 53.6 Å². The third kappa shape index (κ3) is 5.14. The van der Waals surface area contributed by atoms with Gasteiger partial charge < -0.3 is 15.3 Å². The molecular formula is C32H32N2O7. The van der Waals surface area contributed by atoms with Crippen molar-refractivity contribution >= 4 is 40.0 Å². The van der Waals surface area contributed by atoms with E-state index >= 15 is 0 Å². The molecule has 0 unspecified atom stereocenters. The van der Waals surface area contributed by atoms with Gasteiger partial charge in [0.05, 0.1) is 35.2 Å². The van der Waals surface area contributed by atoms with Crippen molar-refractivity contribution in [3.05, 3.63) is 93.1 Å². The fourth-order valence-corrected chi connectivity index (χ4v) is 6.41. The first kappa shape index (κ1) is 28.2. The number of benzene rings is 3. The van der Waals surface area contributed by atoms with E-state index in [1.165, 1.54) is 24.3 Å². The van der Waals surface area contributed by atoms with Crippen LogP contribution in [0.3, 0.4) is 0 Å². The lowest BCUT2D eigenvalue weighted by Gasteiger charge is -2.35. The Labute approximate surface area is 237 Å². The van der Waals surface area contributed by atoms with Gasteiger partial charge in [0.2, 0.25) is 11.8 Å². The molecule has 2 aliphatic rings. The smallest absolute Gasteiger partial charge is 0.271 e. The van der Waals surface area contributed by atoms with Gasteiger partial charge in [-0.05, 0) is 61.8 Å². The summed E-state index contributed by atoms with van der Waals surface area (Å²) in [5.41, 5.74) is 3.21. The highest BCUT2D eigenvalue weighted by Crippen LogP contribution is 2.47. The SMILES string of the molecule is CC1=C([C@H](O)CC/C(C)=C/c2ccc(O)c3ccccc23)[C@H](CO)[C@@H]2C(=O)N(c3cccc([N+](=O)[O-])c3)C(=O)[C@@H]2C1. The Morgan fingerprint density at radius 1 is 1.10 bits per heavy atom. The number of hydrogen-bond acceptors (Lipinski definition) is 7. The molecular weight excluding hydrogens is 524 g/mol.